The molecule has 100 valence electrons. The van der Waals surface area contributed by atoms with Crippen molar-refractivity contribution in [2.24, 2.45) is 0 Å². The fourth-order valence-electron chi connectivity index (χ4n) is 1.87. The zero-order chi connectivity index (χ0) is 12.6. The molecule has 0 saturated carbocycles. The third kappa shape index (κ3) is 3.89. The molecule has 0 aliphatic carbocycles. The third-order valence-corrected chi connectivity index (χ3v) is 2.78. The Labute approximate surface area is 108 Å². The molecule has 1 N–H and O–H groups in total. The van der Waals surface area contributed by atoms with Gasteiger partial charge in [0.25, 0.3) is 0 Å². The quantitative estimate of drug-likeness (QED) is 0.752. The predicted octanol–water partition coefficient (Wildman–Crippen LogP) is 1.97. The van der Waals surface area contributed by atoms with Gasteiger partial charge in [0.05, 0.1) is 0 Å². The minimum absolute atomic E-state index is 0.637. The Hall–Kier alpha value is -1.26. The summed E-state index contributed by atoms with van der Waals surface area (Å²) in [6, 6.07) is 6.10. The second-order valence-corrected chi connectivity index (χ2v) is 4.21. The van der Waals surface area contributed by atoms with Crippen LogP contribution in [0.15, 0.2) is 18.2 Å². The molecule has 0 aromatic heterocycles. The van der Waals surface area contributed by atoms with Gasteiger partial charge in [-0.25, -0.2) is 0 Å². The number of ether oxygens (including phenoxy) is 3. The van der Waals surface area contributed by atoms with Gasteiger partial charge < -0.3 is 19.5 Å². The zero-order valence-corrected chi connectivity index (χ0v) is 10.9. The minimum Gasteiger partial charge on any atom is -0.486 e. The Morgan fingerprint density at radius 2 is 2.06 bits per heavy atom. The monoisotopic (exact) mass is 251 g/mol. The van der Waals surface area contributed by atoms with Crippen LogP contribution in [0.1, 0.15) is 18.9 Å². The Bertz CT molecular complexity index is 368. The van der Waals surface area contributed by atoms with Crippen LogP contribution in [0.25, 0.3) is 0 Å². The van der Waals surface area contributed by atoms with Crippen LogP contribution in [-0.4, -0.2) is 33.0 Å². The molecule has 18 heavy (non-hydrogen) atoms. The van der Waals surface area contributed by atoms with Crippen LogP contribution < -0.4 is 14.8 Å². The summed E-state index contributed by atoms with van der Waals surface area (Å²) in [5.41, 5.74) is 1.22. The van der Waals surface area contributed by atoms with E-state index in [0.717, 1.165) is 44.2 Å². The summed E-state index contributed by atoms with van der Waals surface area (Å²) in [5, 5.41) is 3.39. The largest absolute Gasteiger partial charge is 0.486 e. The molecule has 0 unspecified atom stereocenters. The highest BCUT2D eigenvalue weighted by Gasteiger charge is 2.11. The van der Waals surface area contributed by atoms with Crippen LogP contribution in [0.5, 0.6) is 11.5 Å². The molecule has 0 fully saturated rings. The molecule has 1 aromatic carbocycles. The Kier molecular flexibility index (Phi) is 5.30. The molecule has 2 rings (SSSR count). The standard InChI is InChI=1S/C14H21NO3/c1-2-16-7-3-6-15-11-12-4-5-13-14(10-12)18-9-8-17-13/h4-5,10,15H,2-3,6-9,11H2,1H3. The molecule has 0 atom stereocenters. The number of hydrogen-bond acceptors (Lipinski definition) is 4. The van der Waals surface area contributed by atoms with Crippen LogP contribution in [-0.2, 0) is 11.3 Å². The summed E-state index contributed by atoms with van der Waals surface area (Å²) in [6.45, 7) is 6.73. The van der Waals surface area contributed by atoms with E-state index in [1.807, 2.05) is 19.1 Å². The van der Waals surface area contributed by atoms with Crippen molar-refractivity contribution in [1.29, 1.82) is 0 Å². The van der Waals surface area contributed by atoms with E-state index in [2.05, 4.69) is 11.4 Å². The molecule has 1 heterocycles. The first-order chi connectivity index (χ1) is 8.90. The van der Waals surface area contributed by atoms with E-state index >= 15 is 0 Å². The van der Waals surface area contributed by atoms with E-state index in [1.165, 1.54) is 5.56 Å². The van der Waals surface area contributed by atoms with Crippen molar-refractivity contribution >= 4 is 0 Å². The zero-order valence-electron chi connectivity index (χ0n) is 10.9. The molecule has 4 nitrogen and oxygen atoms in total. The van der Waals surface area contributed by atoms with Gasteiger partial charge in [-0.3, -0.25) is 0 Å². The highest BCUT2D eigenvalue weighted by molar-refractivity contribution is 5.43. The summed E-state index contributed by atoms with van der Waals surface area (Å²) in [6.07, 6.45) is 1.04. The number of nitrogens with one attached hydrogen (secondary N) is 1. The van der Waals surface area contributed by atoms with Crippen LogP contribution >= 0.6 is 0 Å². The van der Waals surface area contributed by atoms with E-state index in [-0.39, 0.29) is 0 Å². The summed E-state index contributed by atoms with van der Waals surface area (Å²) >= 11 is 0. The van der Waals surface area contributed by atoms with Gasteiger partial charge in [-0.2, -0.15) is 0 Å². The van der Waals surface area contributed by atoms with Crippen LogP contribution in [0, 0.1) is 0 Å². The second kappa shape index (κ2) is 7.24. The molecular weight excluding hydrogens is 230 g/mol. The van der Waals surface area contributed by atoms with Crippen molar-refractivity contribution in [3.8, 4) is 11.5 Å². The lowest BCUT2D eigenvalue weighted by molar-refractivity contribution is 0.144. The van der Waals surface area contributed by atoms with Gasteiger partial charge >= 0.3 is 0 Å². The average Bonchev–Trinajstić information content (AvgIpc) is 2.42. The number of rotatable bonds is 7. The molecule has 0 radical (unpaired) electrons. The summed E-state index contributed by atoms with van der Waals surface area (Å²) in [4.78, 5) is 0. The molecule has 4 heteroatoms. The Morgan fingerprint density at radius 3 is 2.89 bits per heavy atom. The van der Waals surface area contributed by atoms with Gasteiger partial charge in [0.15, 0.2) is 11.5 Å². The van der Waals surface area contributed by atoms with Crippen molar-refractivity contribution in [3.63, 3.8) is 0 Å². The van der Waals surface area contributed by atoms with E-state index in [9.17, 15) is 0 Å². The normalized spacial score (nSPS) is 13.6. The third-order valence-electron chi connectivity index (χ3n) is 2.78. The number of fused-ring (bicyclic) bond motifs is 1. The molecule has 1 aromatic rings. The van der Waals surface area contributed by atoms with Crippen molar-refractivity contribution in [2.45, 2.75) is 19.9 Å². The topological polar surface area (TPSA) is 39.7 Å². The van der Waals surface area contributed by atoms with E-state index in [4.69, 9.17) is 14.2 Å². The maximum Gasteiger partial charge on any atom is 0.161 e. The molecule has 1 aliphatic heterocycles. The highest BCUT2D eigenvalue weighted by Crippen LogP contribution is 2.30. The first-order valence-electron chi connectivity index (χ1n) is 6.57. The molecular formula is C14H21NO3. The van der Waals surface area contributed by atoms with Gasteiger partial charge in [0.2, 0.25) is 0 Å². The Morgan fingerprint density at radius 1 is 1.22 bits per heavy atom. The molecule has 0 spiro atoms. The van der Waals surface area contributed by atoms with Crippen molar-refractivity contribution in [1.82, 2.24) is 5.32 Å². The van der Waals surface area contributed by atoms with Crippen molar-refractivity contribution < 1.29 is 14.2 Å². The lowest BCUT2D eigenvalue weighted by atomic mass is 10.2. The molecule has 0 saturated heterocycles. The fourth-order valence-corrected chi connectivity index (χ4v) is 1.87. The highest BCUT2D eigenvalue weighted by atomic mass is 16.6. The average molecular weight is 251 g/mol. The fraction of sp³-hybridized carbons (Fsp3) is 0.571. The second-order valence-electron chi connectivity index (χ2n) is 4.21. The lowest BCUT2D eigenvalue weighted by Crippen LogP contribution is -2.18. The molecule has 1 aliphatic rings. The van der Waals surface area contributed by atoms with Crippen molar-refractivity contribution in [3.05, 3.63) is 23.8 Å². The maximum atomic E-state index is 5.55. The lowest BCUT2D eigenvalue weighted by Gasteiger charge is -2.19. The van der Waals surface area contributed by atoms with Gasteiger partial charge in [0, 0.05) is 19.8 Å². The van der Waals surface area contributed by atoms with Crippen LogP contribution in [0.4, 0.5) is 0 Å². The smallest absolute Gasteiger partial charge is 0.161 e. The van der Waals surface area contributed by atoms with Crippen molar-refractivity contribution in [2.75, 3.05) is 33.0 Å². The van der Waals surface area contributed by atoms with E-state index < -0.39 is 0 Å². The maximum absolute atomic E-state index is 5.55. The van der Waals surface area contributed by atoms with Gasteiger partial charge in [-0.05, 0) is 37.6 Å². The van der Waals surface area contributed by atoms with E-state index in [1.54, 1.807) is 0 Å². The van der Waals surface area contributed by atoms with Gasteiger partial charge in [-0.15, -0.1) is 0 Å². The first-order valence-corrected chi connectivity index (χ1v) is 6.57. The summed E-state index contributed by atoms with van der Waals surface area (Å²) in [7, 11) is 0. The van der Waals surface area contributed by atoms with Gasteiger partial charge in [0.1, 0.15) is 13.2 Å². The molecule has 0 bridgehead atoms. The molecule has 0 amide bonds. The van der Waals surface area contributed by atoms with E-state index in [0.29, 0.717) is 13.2 Å². The predicted molar refractivity (Wildman–Crippen MR) is 70.2 cm³/mol. The number of benzene rings is 1. The summed E-state index contributed by atoms with van der Waals surface area (Å²) < 4.78 is 16.3. The summed E-state index contributed by atoms with van der Waals surface area (Å²) in [5.74, 6) is 1.70. The van der Waals surface area contributed by atoms with Crippen LogP contribution in [0.3, 0.4) is 0 Å². The van der Waals surface area contributed by atoms with Gasteiger partial charge in [-0.1, -0.05) is 6.07 Å². The first kappa shape index (κ1) is 13.2. The van der Waals surface area contributed by atoms with Crippen LogP contribution in [0.2, 0.25) is 0 Å². The minimum atomic E-state index is 0.637. The SMILES string of the molecule is CCOCCCNCc1ccc2c(c1)OCCO2. The Balaban J connectivity index is 1.72. The number of hydrogen-bond donors (Lipinski definition) is 1.